The minimum atomic E-state index is -0.971. The number of amides is 1. The summed E-state index contributed by atoms with van der Waals surface area (Å²) in [5.41, 5.74) is 2.12. The van der Waals surface area contributed by atoms with Crippen molar-refractivity contribution in [1.82, 2.24) is 4.90 Å². The van der Waals surface area contributed by atoms with Crippen molar-refractivity contribution in [3.63, 3.8) is 0 Å². The van der Waals surface area contributed by atoms with E-state index in [9.17, 15) is 19.5 Å². The Morgan fingerprint density at radius 2 is 1.66 bits per heavy atom. The van der Waals surface area contributed by atoms with Crippen LogP contribution in [0.15, 0.2) is 58.6 Å². The van der Waals surface area contributed by atoms with Crippen molar-refractivity contribution in [3.05, 3.63) is 75.3 Å². The van der Waals surface area contributed by atoms with Crippen LogP contribution in [0.5, 0.6) is 0 Å². The minimum absolute atomic E-state index is 0.0106. The second-order valence-corrected chi connectivity index (χ2v) is 7.82. The molecule has 0 aliphatic carbocycles. The Balaban J connectivity index is 2.08. The van der Waals surface area contributed by atoms with Crippen molar-refractivity contribution in [2.45, 2.75) is 25.8 Å². The number of hydrogen-bond acceptors (Lipinski definition) is 4. The summed E-state index contributed by atoms with van der Waals surface area (Å²) in [7, 11) is 0. The summed E-state index contributed by atoms with van der Waals surface area (Å²) in [6.07, 6.45) is 0.0912. The highest BCUT2D eigenvalue weighted by molar-refractivity contribution is 9.10. The maximum atomic E-state index is 12.8. The van der Waals surface area contributed by atoms with Crippen molar-refractivity contribution in [1.29, 1.82) is 0 Å². The first kappa shape index (κ1) is 20.8. The summed E-state index contributed by atoms with van der Waals surface area (Å²) >= 11 is 3.36. The monoisotopic (exact) mass is 457 g/mol. The van der Waals surface area contributed by atoms with Gasteiger partial charge in [-0.15, -0.1) is 0 Å². The van der Waals surface area contributed by atoms with E-state index in [2.05, 4.69) is 15.9 Å². The number of aliphatic hydroxyl groups excluding tert-OH is 1. The smallest absolute Gasteiger partial charge is 0.303 e. The van der Waals surface area contributed by atoms with Crippen LogP contribution in [0.1, 0.15) is 35.6 Å². The number of aryl methyl sites for hydroxylation is 1. The van der Waals surface area contributed by atoms with Gasteiger partial charge in [0.05, 0.1) is 11.6 Å². The fourth-order valence-corrected chi connectivity index (χ4v) is 3.63. The molecule has 150 valence electrons. The molecule has 1 fully saturated rings. The van der Waals surface area contributed by atoms with Crippen LogP contribution in [0.2, 0.25) is 0 Å². The first-order valence-electron chi connectivity index (χ1n) is 9.12. The van der Waals surface area contributed by atoms with Crippen molar-refractivity contribution < 1.29 is 24.6 Å². The lowest BCUT2D eigenvalue weighted by Gasteiger charge is -2.25. The number of likely N-dealkylation sites (tertiary alicyclic amines) is 1. The van der Waals surface area contributed by atoms with Gasteiger partial charge in [0.2, 0.25) is 0 Å². The number of carboxylic acid groups (broad SMARTS) is 1. The van der Waals surface area contributed by atoms with E-state index in [0.29, 0.717) is 11.1 Å². The van der Waals surface area contributed by atoms with E-state index in [1.54, 1.807) is 36.4 Å². The topological polar surface area (TPSA) is 94.9 Å². The zero-order chi connectivity index (χ0) is 21.1. The summed E-state index contributed by atoms with van der Waals surface area (Å²) in [5, 5.41) is 19.8. The van der Waals surface area contributed by atoms with Gasteiger partial charge in [-0.25, -0.2) is 0 Å². The summed E-state index contributed by atoms with van der Waals surface area (Å²) < 4.78 is 0.836. The number of carboxylic acids is 1. The van der Waals surface area contributed by atoms with Crippen LogP contribution in [0.4, 0.5) is 0 Å². The van der Waals surface area contributed by atoms with Crippen LogP contribution in [-0.4, -0.2) is 39.3 Å². The molecule has 0 bridgehead atoms. The Hall–Kier alpha value is -2.93. The van der Waals surface area contributed by atoms with Crippen molar-refractivity contribution in [2.24, 2.45) is 0 Å². The van der Waals surface area contributed by atoms with Crippen LogP contribution in [0, 0.1) is 6.92 Å². The number of hydrogen-bond donors (Lipinski definition) is 2. The molecule has 1 aliphatic heterocycles. The van der Waals surface area contributed by atoms with Gasteiger partial charge < -0.3 is 15.1 Å². The highest BCUT2D eigenvalue weighted by Gasteiger charge is 2.45. The highest BCUT2D eigenvalue weighted by atomic mass is 79.9. The highest BCUT2D eigenvalue weighted by Crippen LogP contribution is 2.39. The molecule has 0 unspecified atom stereocenters. The molecule has 0 radical (unpaired) electrons. The minimum Gasteiger partial charge on any atom is -0.507 e. The predicted octanol–water partition coefficient (Wildman–Crippen LogP) is 4.04. The Kier molecular flexibility index (Phi) is 6.17. The number of halogens is 1. The van der Waals surface area contributed by atoms with Gasteiger partial charge in [-0.3, -0.25) is 14.4 Å². The molecule has 6 nitrogen and oxygen atoms in total. The molecule has 3 rings (SSSR count). The Bertz CT molecular complexity index is 979. The zero-order valence-corrected chi connectivity index (χ0v) is 17.3. The maximum Gasteiger partial charge on any atom is 0.303 e. The summed E-state index contributed by atoms with van der Waals surface area (Å²) in [6, 6.07) is 13.4. The fourth-order valence-electron chi connectivity index (χ4n) is 3.37. The zero-order valence-electron chi connectivity index (χ0n) is 15.8. The number of carbonyl (C=O) groups excluding carboxylic acids is 2. The molecule has 29 heavy (non-hydrogen) atoms. The number of aliphatic carboxylic acids is 1. The molecule has 0 spiro atoms. The van der Waals surface area contributed by atoms with Crippen molar-refractivity contribution in [2.75, 3.05) is 6.54 Å². The van der Waals surface area contributed by atoms with Crippen LogP contribution < -0.4 is 0 Å². The van der Waals surface area contributed by atoms with Gasteiger partial charge in [0, 0.05) is 23.0 Å². The number of aliphatic hydroxyl groups is 1. The first-order chi connectivity index (χ1) is 13.8. The predicted molar refractivity (Wildman–Crippen MR) is 111 cm³/mol. The van der Waals surface area contributed by atoms with Crippen molar-refractivity contribution >= 4 is 39.3 Å². The van der Waals surface area contributed by atoms with Crippen LogP contribution >= 0.6 is 15.9 Å². The van der Waals surface area contributed by atoms with E-state index >= 15 is 0 Å². The Labute approximate surface area is 176 Å². The molecule has 1 saturated heterocycles. The number of carbonyl (C=O) groups is 3. The van der Waals surface area contributed by atoms with Gasteiger partial charge in [-0.2, -0.15) is 0 Å². The van der Waals surface area contributed by atoms with Gasteiger partial charge in [0.1, 0.15) is 5.76 Å². The molecule has 1 amide bonds. The lowest BCUT2D eigenvalue weighted by Crippen LogP contribution is -2.31. The SMILES string of the molecule is Cc1ccc(/C(O)=C2\C(=O)C(=O)N(CCCC(=O)O)[C@@H]2c2ccc(Br)cc2)cc1. The van der Waals surface area contributed by atoms with Crippen LogP contribution in [-0.2, 0) is 14.4 Å². The third-order valence-corrected chi connectivity index (χ3v) is 5.37. The van der Waals surface area contributed by atoms with E-state index < -0.39 is 23.7 Å². The third-order valence-electron chi connectivity index (χ3n) is 4.84. The Morgan fingerprint density at radius 1 is 1.03 bits per heavy atom. The van der Waals surface area contributed by atoms with E-state index in [1.807, 2.05) is 19.1 Å². The number of Topliss-reactive ketones (excluding diaryl/α,β-unsaturated/α-hetero) is 1. The molecular formula is C22H20BrNO5. The van der Waals surface area contributed by atoms with Crippen molar-refractivity contribution in [3.8, 4) is 0 Å². The molecule has 0 saturated carbocycles. The molecule has 1 heterocycles. The number of benzene rings is 2. The molecule has 2 aromatic rings. The molecule has 0 aromatic heterocycles. The normalized spacial score (nSPS) is 18.3. The largest absolute Gasteiger partial charge is 0.507 e. The summed E-state index contributed by atoms with van der Waals surface area (Å²) in [6.45, 7) is 2.01. The average molecular weight is 458 g/mol. The fraction of sp³-hybridized carbons (Fsp3) is 0.227. The van der Waals surface area contributed by atoms with E-state index in [-0.39, 0.29) is 30.7 Å². The number of rotatable bonds is 6. The molecule has 2 N–H and O–H groups in total. The summed E-state index contributed by atoms with van der Waals surface area (Å²) in [5.74, 6) is -2.72. The second kappa shape index (κ2) is 8.61. The van der Waals surface area contributed by atoms with Crippen LogP contribution in [0.3, 0.4) is 0 Å². The lowest BCUT2D eigenvalue weighted by molar-refractivity contribution is -0.140. The average Bonchev–Trinajstić information content (AvgIpc) is 2.93. The van der Waals surface area contributed by atoms with Gasteiger partial charge >= 0.3 is 5.97 Å². The quantitative estimate of drug-likeness (QED) is 0.387. The van der Waals surface area contributed by atoms with Crippen LogP contribution in [0.25, 0.3) is 5.76 Å². The summed E-state index contributed by atoms with van der Waals surface area (Å²) in [4.78, 5) is 37.7. The Morgan fingerprint density at radius 3 is 2.24 bits per heavy atom. The molecular weight excluding hydrogens is 438 g/mol. The second-order valence-electron chi connectivity index (χ2n) is 6.91. The third kappa shape index (κ3) is 4.40. The standard InChI is InChI=1S/C22H20BrNO5/c1-13-4-6-15(7-5-13)20(27)18-19(14-8-10-16(23)11-9-14)24(22(29)21(18)28)12-2-3-17(25)26/h4-11,19,27H,2-3,12H2,1H3,(H,25,26)/b20-18+/t19-/m1/s1. The van der Waals surface area contributed by atoms with E-state index in [4.69, 9.17) is 5.11 Å². The van der Waals surface area contributed by atoms with Gasteiger partial charge in [-0.1, -0.05) is 57.9 Å². The van der Waals surface area contributed by atoms with Gasteiger partial charge in [-0.05, 0) is 31.0 Å². The lowest BCUT2D eigenvalue weighted by atomic mass is 9.95. The maximum absolute atomic E-state index is 12.8. The molecule has 1 aliphatic rings. The van der Waals surface area contributed by atoms with Gasteiger partial charge in [0.25, 0.3) is 11.7 Å². The van der Waals surface area contributed by atoms with E-state index in [0.717, 1.165) is 10.0 Å². The number of ketones is 1. The molecule has 7 heteroatoms. The molecule has 2 aromatic carbocycles. The first-order valence-corrected chi connectivity index (χ1v) is 9.91. The number of nitrogens with zero attached hydrogens (tertiary/aromatic N) is 1. The van der Waals surface area contributed by atoms with Gasteiger partial charge in [0.15, 0.2) is 0 Å². The van der Waals surface area contributed by atoms with E-state index in [1.165, 1.54) is 4.90 Å². The molecule has 1 atom stereocenters.